The van der Waals surface area contributed by atoms with Crippen molar-refractivity contribution in [2.75, 3.05) is 7.11 Å². The van der Waals surface area contributed by atoms with Gasteiger partial charge in [0.05, 0.1) is 18.4 Å². The third kappa shape index (κ3) is 2.71. The number of methoxy groups -OCH3 is 1. The SMILES string of the molecule is COC(=O)c1ccc(-c2ccc(Cl)cc2)nc1Br. The van der Waals surface area contributed by atoms with Crippen molar-refractivity contribution in [3.8, 4) is 11.3 Å². The van der Waals surface area contributed by atoms with E-state index in [0.29, 0.717) is 15.2 Å². The third-order valence-corrected chi connectivity index (χ3v) is 3.25. The smallest absolute Gasteiger partial charge is 0.340 e. The van der Waals surface area contributed by atoms with Crippen molar-refractivity contribution in [2.24, 2.45) is 0 Å². The minimum absolute atomic E-state index is 0.398. The molecule has 0 atom stereocenters. The van der Waals surface area contributed by atoms with Gasteiger partial charge in [0.25, 0.3) is 0 Å². The second-order valence-electron chi connectivity index (χ2n) is 3.53. The van der Waals surface area contributed by atoms with Crippen LogP contribution in [0.1, 0.15) is 10.4 Å². The van der Waals surface area contributed by atoms with Crippen LogP contribution in [0.15, 0.2) is 41.0 Å². The van der Waals surface area contributed by atoms with Crippen molar-refractivity contribution in [1.82, 2.24) is 4.98 Å². The van der Waals surface area contributed by atoms with Crippen molar-refractivity contribution in [3.05, 3.63) is 51.6 Å². The quantitative estimate of drug-likeness (QED) is 0.619. The van der Waals surface area contributed by atoms with Crippen LogP contribution in [0.4, 0.5) is 0 Å². The Morgan fingerprint density at radius 1 is 1.22 bits per heavy atom. The standard InChI is InChI=1S/C13H9BrClNO2/c1-18-13(17)10-6-7-11(16-12(10)14)8-2-4-9(15)5-3-8/h2-7H,1H3. The fraction of sp³-hybridized carbons (Fsp3) is 0.0769. The molecule has 0 unspecified atom stereocenters. The molecule has 0 saturated heterocycles. The van der Waals surface area contributed by atoms with E-state index in [2.05, 4.69) is 25.7 Å². The molecule has 0 spiro atoms. The van der Waals surface area contributed by atoms with Gasteiger partial charge in [0.2, 0.25) is 0 Å². The second-order valence-corrected chi connectivity index (χ2v) is 4.72. The van der Waals surface area contributed by atoms with Crippen molar-refractivity contribution in [1.29, 1.82) is 0 Å². The number of nitrogens with zero attached hydrogens (tertiary/aromatic N) is 1. The summed E-state index contributed by atoms with van der Waals surface area (Å²) in [4.78, 5) is 15.7. The molecular weight excluding hydrogens is 318 g/mol. The van der Waals surface area contributed by atoms with E-state index < -0.39 is 5.97 Å². The fourth-order valence-corrected chi connectivity index (χ4v) is 2.09. The van der Waals surface area contributed by atoms with Crippen LogP contribution in [0.25, 0.3) is 11.3 Å². The molecule has 0 amide bonds. The molecule has 1 aromatic carbocycles. The lowest BCUT2D eigenvalue weighted by molar-refractivity contribution is 0.0599. The zero-order valence-corrected chi connectivity index (χ0v) is 11.8. The molecule has 2 aromatic rings. The Labute approximate surface area is 118 Å². The summed E-state index contributed by atoms with van der Waals surface area (Å²) in [6.07, 6.45) is 0. The van der Waals surface area contributed by atoms with Crippen LogP contribution in [0.3, 0.4) is 0 Å². The molecule has 0 fully saturated rings. The summed E-state index contributed by atoms with van der Waals surface area (Å²) in [6.45, 7) is 0. The van der Waals surface area contributed by atoms with Crippen LogP contribution in [0.2, 0.25) is 5.02 Å². The summed E-state index contributed by atoms with van der Waals surface area (Å²) >= 11 is 9.09. The Morgan fingerprint density at radius 3 is 2.44 bits per heavy atom. The number of halogens is 2. The summed E-state index contributed by atoms with van der Waals surface area (Å²) in [5.41, 5.74) is 2.08. The number of hydrogen-bond acceptors (Lipinski definition) is 3. The zero-order valence-electron chi connectivity index (χ0n) is 9.48. The first-order chi connectivity index (χ1) is 8.61. The van der Waals surface area contributed by atoms with Gasteiger partial charge >= 0.3 is 5.97 Å². The van der Waals surface area contributed by atoms with Crippen molar-refractivity contribution >= 4 is 33.5 Å². The Morgan fingerprint density at radius 2 is 1.89 bits per heavy atom. The van der Waals surface area contributed by atoms with E-state index >= 15 is 0 Å². The highest BCUT2D eigenvalue weighted by Gasteiger charge is 2.12. The van der Waals surface area contributed by atoms with Gasteiger partial charge in [-0.05, 0) is 40.2 Å². The Balaban J connectivity index is 2.40. The third-order valence-electron chi connectivity index (χ3n) is 2.39. The van der Waals surface area contributed by atoms with Crippen LogP contribution in [0, 0.1) is 0 Å². The lowest BCUT2D eigenvalue weighted by Gasteiger charge is -2.05. The van der Waals surface area contributed by atoms with Crippen molar-refractivity contribution in [3.63, 3.8) is 0 Å². The first-order valence-electron chi connectivity index (χ1n) is 5.12. The Hall–Kier alpha value is -1.39. The number of esters is 1. The molecule has 18 heavy (non-hydrogen) atoms. The number of carbonyl (C=O) groups is 1. The molecule has 0 aliphatic heterocycles. The van der Waals surface area contributed by atoms with E-state index in [-0.39, 0.29) is 0 Å². The van der Waals surface area contributed by atoms with E-state index in [1.165, 1.54) is 7.11 Å². The van der Waals surface area contributed by atoms with Crippen molar-refractivity contribution in [2.45, 2.75) is 0 Å². The van der Waals surface area contributed by atoms with Crippen LogP contribution in [-0.4, -0.2) is 18.1 Å². The average Bonchev–Trinajstić information content (AvgIpc) is 2.38. The number of hydrogen-bond donors (Lipinski definition) is 0. The predicted molar refractivity (Wildman–Crippen MR) is 73.7 cm³/mol. The summed E-state index contributed by atoms with van der Waals surface area (Å²) in [6, 6.07) is 10.8. The zero-order chi connectivity index (χ0) is 13.1. The molecule has 5 heteroatoms. The van der Waals surface area contributed by atoms with E-state index in [0.717, 1.165) is 11.3 Å². The molecule has 0 radical (unpaired) electrons. The first kappa shape index (κ1) is 13.1. The maximum Gasteiger partial charge on any atom is 0.340 e. The monoisotopic (exact) mass is 325 g/mol. The average molecular weight is 327 g/mol. The molecule has 0 aliphatic rings. The second kappa shape index (κ2) is 5.50. The van der Waals surface area contributed by atoms with Gasteiger partial charge in [-0.15, -0.1) is 0 Å². The summed E-state index contributed by atoms with van der Waals surface area (Å²) in [7, 11) is 1.34. The maximum atomic E-state index is 11.4. The van der Waals surface area contributed by atoms with E-state index in [1.54, 1.807) is 24.3 Å². The summed E-state index contributed by atoms with van der Waals surface area (Å²) in [5, 5.41) is 0.670. The van der Waals surface area contributed by atoms with Gasteiger partial charge in [-0.1, -0.05) is 23.7 Å². The molecule has 0 bridgehead atoms. The molecule has 3 nitrogen and oxygen atoms in total. The fourth-order valence-electron chi connectivity index (χ4n) is 1.48. The first-order valence-corrected chi connectivity index (χ1v) is 6.29. The van der Waals surface area contributed by atoms with Gasteiger partial charge in [-0.3, -0.25) is 0 Å². The number of aromatic nitrogens is 1. The lowest BCUT2D eigenvalue weighted by atomic mass is 10.1. The lowest BCUT2D eigenvalue weighted by Crippen LogP contribution is -2.03. The predicted octanol–water partition coefficient (Wildman–Crippen LogP) is 3.95. The Kier molecular flexibility index (Phi) is 3.99. The number of pyridine rings is 1. The van der Waals surface area contributed by atoms with Gasteiger partial charge < -0.3 is 4.74 Å². The van der Waals surface area contributed by atoms with Crippen LogP contribution < -0.4 is 0 Å². The number of carbonyl (C=O) groups excluding carboxylic acids is 1. The van der Waals surface area contributed by atoms with Crippen LogP contribution >= 0.6 is 27.5 Å². The maximum absolute atomic E-state index is 11.4. The number of ether oxygens (including phenoxy) is 1. The Bertz CT molecular complexity index is 584. The van der Waals surface area contributed by atoms with Gasteiger partial charge in [0, 0.05) is 10.6 Å². The minimum atomic E-state index is -0.419. The van der Waals surface area contributed by atoms with Gasteiger partial charge in [-0.2, -0.15) is 0 Å². The summed E-state index contributed by atoms with van der Waals surface area (Å²) in [5.74, 6) is -0.419. The van der Waals surface area contributed by atoms with Gasteiger partial charge in [0.1, 0.15) is 4.60 Å². The van der Waals surface area contributed by atoms with Crippen LogP contribution in [-0.2, 0) is 4.74 Å². The van der Waals surface area contributed by atoms with Crippen molar-refractivity contribution < 1.29 is 9.53 Å². The van der Waals surface area contributed by atoms with Gasteiger partial charge in [-0.25, -0.2) is 9.78 Å². The highest BCUT2D eigenvalue weighted by Crippen LogP contribution is 2.23. The van der Waals surface area contributed by atoms with Crippen LogP contribution in [0.5, 0.6) is 0 Å². The molecule has 0 saturated carbocycles. The summed E-state index contributed by atoms with van der Waals surface area (Å²) < 4.78 is 5.11. The molecule has 1 aromatic heterocycles. The topological polar surface area (TPSA) is 39.2 Å². The largest absolute Gasteiger partial charge is 0.465 e. The molecule has 0 aliphatic carbocycles. The van der Waals surface area contributed by atoms with Gasteiger partial charge in [0.15, 0.2) is 0 Å². The molecule has 92 valence electrons. The normalized spacial score (nSPS) is 10.2. The molecular formula is C13H9BrClNO2. The van der Waals surface area contributed by atoms with E-state index in [1.807, 2.05) is 12.1 Å². The van der Waals surface area contributed by atoms with E-state index in [4.69, 9.17) is 11.6 Å². The molecule has 1 heterocycles. The molecule has 2 rings (SSSR count). The number of benzene rings is 1. The highest BCUT2D eigenvalue weighted by atomic mass is 79.9. The van der Waals surface area contributed by atoms with E-state index in [9.17, 15) is 4.79 Å². The highest BCUT2D eigenvalue weighted by molar-refractivity contribution is 9.10. The number of rotatable bonds is 2. The minimum Gasteiger partial charge on any atom is -0.465 e. The molecule has 0 N–H and O–H groups in total.